The minimum atomic E-state index is 0.0290. The Labute approximate surface area is 110 Å². The van der Waals surface area contributed by atoms with Crippen LogP contribution in [0.15, 0.2) is 15.6 Å². The van der Waals surface area contributed by atoms with Crippen LogP contribution in [0.3, 0.4) is 0 Å². The molecule has 1 aliphatic rings. The van der Waals surface area contributed by atoms with Gasteiger partial charge in [0.2, 0.25) is 0 Å². The summed E-state index contributed by atoms with van der Waals surface area (Å²) in [5.41, 5.74) is 0.784. The Balaban J connectivity index is 1.99. The van der Waals surface area contributed by atoms with Crippen molar-refractivity contribution in [2.24, 2.45) is 5.92 Å². The van der Waals surface area contributed by atoms with Gasteiger partial charge in [-0.25, -0.2) is 4.98 Å². The SMILES string of the molecule is Cc1ncn(CCC2CCCNC2)c(=O)c1Br. The first-order valence-corrected chi connectivity index (χ1v) is 6.90. The van der Waals surface area contributed by atoms with E-state index in [4.69, 9.17) is 0 Å². The highest BCUT2D eigenvalue weighted by Gasteiger charge is 2.13. The molecule has 2 rings (SSSR count). The molecule has 1 aromatic heterocycles. The fourth-order valence-electron chi connectivity index (χ4n) is 2.20. The summed E-state index contributed by atoms with van der Waals surface area (Å²) in [7, 11) is 0. The molecule has 94 valence electrons. The van der Waals surface area contributed by atoms with Gasteiger partial charge in [0.05, 0.1) is 12.0 Å². The van der Waals surface area contributed by atoms with Crippen LogP contribution in [-0.2, 0) is 6.54 Å². The molecule has 1 aromatic rings. The minimum absolute atomic E-state index is 0.0290. The molecule has 0 radical (unpaired) electrons. The summed E-state index contributed by atoms with van der Waals surface area (Å²) in [5.74, 6) is 0.690. The average molecular weight is 300 g/mol. The van der Waals surface area contributed by atoms with Gasteiger partial charge in [-0.15, -0.1) is 0 Å². The third-order valence-electron chi connectivity index (χ3n) is 3.33. The summed E-state index contributed by atoms with van der Waals surface area (Å²) in [4.78, 5) is 16.1. The Morgan fingerprint density at radius 3 is 3.18 bits per heavy atom. The molecule has 1 aliphatic heterocycles. The molecule has 0 saturated carbocycles. The molecule has 0 bridgehead atoms. The molecule has 0 spiro atoms. The van der Waals surface area contributed by atoms with E-state index in [0.717, 1.165) is 31.7 Å². The van der Waals surface area contributed by atoms with E-state index >= 15 is 0 Å². The number of nitrogens with zero attached hydrogens (tertiary/aromatic N) is 2. The fourth-order valence-corrected chi connectivity index (χ4v) is 2.53. The molecule has 1 N–H and O–H groups in total. The monoisotopic (exact) mass is 299 g/mol. The molecule has 1 unspecified atom stereocenters. The van der Waals surface area contributed by atoms with Gasteiger partial charge in [-0.2, -0.15) is 0 Å². The Bertz CT molecular complexity index is 438. The van der Waals surface area contributed by atoms with Crippen LogP contribution in [-0.4, -0.2) is 22.6 Å². The molecule has 0 amide bonds. The number of piperidine rings is 1. The van der Waals surface area contributed by atoms with Crippen molar-refractivity contribution in [3.63, 3.8) is 0 Å². The first-order valence-electron chi connectivity index (χ1n) is 6.10. The summed E-state index contributed by atoms with van der Waals surface area (Å²) in [6.45, 7) is 4.81. The van der Waals surface area contributed by atoms with E-state index in [2.05, 4.69) is 26.2 Å². The van der Waals surface area contributed by atoms with Gasteiger partial charge in [0.1, 0.15) is 4.47 Å². The van der Waals surface area contributed by atoms with Crippen molar-refractivity contribution < 1.29 is 0 Å². The normalized spacial score (nSPS) is 20.5. The van der Waals surface area contributed by atoms with E-state index in [0.29, 0.717) is 10.4 Å². The van der Waals surface area contributed by atoms with Gasteiger partial charge in [-0.05, 0) is 61.1 Å². The molecule has 5 heteroatoms. The summed E-state index contributed by atoms with van der Waals surface area (Å²) >= 11 is 3.29. The van der Waals surface area contributed by atoms with Crippen LogP contribution < -0.4 is 10.9 Å². The smallest absolute Gasteiger partial charge is 0.267 e. The average Bonchev–Trinajstić information content (AvgIpc) is 2.36. The zero-order chi connectivity index (χ0) is 12.3. The largest absolute Gasteiger partial charge is 0.316 e. The molecular weight excluding hydrogens is 282 g/mol. The molecule has 0 aliphatic carbocycles. The second-order valence-electron chi connectivity index (χ2n) is 4.64. The molecule has 4 nitrogen and oxygen atoms in total. The van der Waals surface area contributed by atoms with Crippen molar-refractivity contribution in [2.45, 2.75) is 32.7 Å². The van der Waals surface area contributed by atoms with Crippen LogP contribution >= 0.6 is 15.9 Å². The highest BCUT2D eigenvalue weighted by molar-refractivity contribution is 9.10. The first-order chi connectivity index (χ1) is 8.18. The van der Waals surface area contributed by atoms with E-state index in [9.17, 15) is 4.79 Å². The standard InChI is InChI=1S/C12H18BrN3O/c1-9-11(13)12(17)16(8-15-9)6-4-10-3-2-5-14-7-10/h8,10,14H,2-7H2,1H3. The van der Waals surface area contributed by atoms with Crippen LogP contribution in [0.25, 0.3) is 0 Å². The number of hydrogen-bond acceptors (Lipinski definition) is 3. The zero-order valence-electron chi connectivity index (χ0n) is 10.1. The molecule has 17 heavy (non-hydrogen) atoms. The maximum Gasteiger partial charge on any atom is 0.267 e. The summed E-state index contributed by atoms with van der Waals surface area (Å²) in [6.07, 6.45) is 5.21. The Morgan fingerprint density at radius 1 is 1.65 bits per heavy atom. The molecule has 1 fully saturated rings. The van der Waals surface area contributed by atoms with E-state index in [1.807, 2.05) is 6.92 Å². The summed E-state index contributed by atoms with van der Waals surface area (Å²) in [5, 5.41) is 3.39. The predicted molar refractivity (Wildman–Crippen MR) is 71.1 cm³/mol. The van der Waals surface area contributed by atoms with Gasteiger partial charge in [-0.1, -0.05) is 0 Å². The molecule has 1 atom stereocenters. The van der Waals surface area contributed by atoms with Gasteiger partial charge in [0, 0.05) is 6.54 Å². The van der Waals surface area contributed by atoms with Crippen LogP contribution in [0.1, 0.15) is 25.0 Å². The van der Waals surface area contributed by atoms with Gasteiger partial charge in [-0.3, -0.25) is 9.36 Å². The Kier molecular flexibility index (Phi) is 4.34. The van der Waals surface area contributed by atoms with Crippen molar-refractivity contribution in [1.29, 1.82) is 0 Å². The fraction of sp³-hybridized carbons (Fsp3) is 0.667. The van der Waals surface area contributed by atoms with E-state index in [-0.39, 0.29) is 5.56 Å². The Morgan fingerprint density at radius 2 is 2.47 bits per heavy atom. The second kappa shape index (κ2) is 5.78. The van der Waals surface area contributed by atoms with Crippen molar-refractivity contribution in [1.82, 2.24) is 14.9 Å². The van der Waals surface area contributed by atoms with E-state index in [1.54, 1.807) is 10.9 Å². The molecule has 0 aromatic carbocycles. The first kappa shape index (κ1) is 12.8. The predicted octanol–water partition coefficient (Wildman–Crippen LogP) is 1.70. The number of aryl methyl sites for hydroxylation is 2. The van der Waals surface area contributed by atoms with E-state index < -0.39 is 0 Å². The molecule has 2 heterocycles. The third kappa shape index (κ3) is 3.16. The van der Waals surface area contributed by atoms with Crippen molar-refractivity contribution in [2.75, 3.05) is 13.1 Å². The maximum absolute atomic E-state index is 11.9. The van der Waals surface area contributed by atoms with Crippen molar-refractivity contribution in [3.8, 4) is 0 Å². The zero-order valence-corrected chi connectivity index (χ0v) is 11.7. The van der Waals surface area contributed by atoms with Crippen LogP contribution in [0.4, 0.5) is 0 Å². The van der Waals surface area contributed by atoms with Crippen molar-refractivity contribution in [3.05, 3.63) is 26.8 Å². The van der Waals surface area contributed by atoms with Crippen LogP contribution in [0.5, 0.6) is 0 Å². The van der Waals surface area contributed by atoms with Crippen LogP contribution in [0, 0.1) is 12.8 Å². The number of nitrogens with one attached hydrogen (secondary N) is 1. The number of rotatable bonds is 3. The maximum atomic E-state index is 11.9. The summed E-state index contributed by atoms with van der Waals surface area (Å²) in [6, 6.07) is 0. The molecule has 1 saturated heterocycles. The van der Waals surface area contributed by atoms with E-state index in [1.165, 1.54) is 12.8 Å². The quantitative estimate of drug-likeness (QED) is 0.924. The topological polar surface area (TPSA) is 46.9 Å². The lowest BCUT2D eigenvalue weighted by Crippen LogP contribution is -2.31. The Hall–Kier alpha value is -0.680. The lowest BCUT2D eigenvalue weighted by molar-refractivity contribution is 0.339. The lowest BCUT2D eigenvalue weighted by atomic mass is 9.96. The second-order valence-corrected chi connectivity index (χ2v) is 5.44. The van der Waals surface area contributed by atoms with Gasteiger partial charge in [0.25, 0.3) is 5.56 Å². The number of halogens is 1. The summed E-state index contributed by atoms with van der Waals surface area (Å²) < 4.78 is 2.29. The van der Waals surface area contributed by atoms with Crippen LogP contribution in [0.2, 0.25) is 0 Å². The van der Waals surface area contributed by atoms with Gasteiger partial charge < -0.3 is 5.32 Å². The highest BCUT2D eigenvalue weighted by atomic mass is 79.9. The minimum Gasteiger partial charge on any atom is -0.316 e. The van der Waals surface area contributed by atoms with Gasteiger partial charge in [0.15, 0.2) is 0 Å². The van der Waals surface area contributed by atoms with Crippen molar-refractivity contribution >= 4 is 15.9 Å². The molecular formula is C12H18BrN3O. The number of aromatic nitrogens is 2. The highest BCUT2D eigenvalue weighted by Crippen LogP contribution is 2.14. The third-order valence-corrected chi connectivity index (χ3v) is 4.25. The van der Waals surface area contributed by atoms with Gasteiger partial charge >= 0.3 is 0 Å². The number of hydrogen-bond donors (Lipinski definition) is 1. The lowest BCUT2D eigenvalue weighted by Gasteiger charge is -2.22.